The molecule has 0 radical (unpaired) electrons. The lowest BCUT2D eigenvalue weighted by molar-refractivity contribution is -0.135. The SMILES string of the molecule is C[C@@H]1CC[C@@](C)(C(=O)NNc2ccccc2)C1(C)C. The van der Waals surface area contributed by atoms with E-state index in [1.807, 2.05) is 30.3 Å². The maximum atomic E-state index is 12.5. The molecule has 2 N–H and O–H groups in total. The first-order valence-electron chi connectivity index (χ1n) is 6.99. The summed E-state index contributed by atoms with van der Waals surface area (Å²) in [6.07, 6.45) is 2.06. The molecule has 1 saturated carbocycles. The Morgan fingerprint density at radius 3 is 2.37 bits per heavy atom. The van der Waals surface area contributed by atoms with Crippen LogP contribution < -0.4 is 10.9 Å². The van der Waals surface area contributed by atoms with Crippen LogP contribution >= 0.6 is 0 Å². The molecule has 19 heavy (non-hydrogen) atoms. The van der Waals surface area contributed by atoms with Crippen LogP contribution in [0.4, 0.5) is 5.69 Å². The van der Waals surface area contributed by atoms with Crippen LogP contribution in [0.15, 0.2) is 30.3 Å². The second-order valence-electron chi connectivity index (χ2n) is 6.44. The Hall–Kier alpha value is -1.51. The van der Waals surface area contributed by atoms with E-state index in [2.05, 4.69) is 38.5 Å². The highest BCUT2D eigenvalue weighted by atomic mass is 16.2. The highest BCUT2D eigenvalue weighted by Crippen LogP contribution is 2.55. The van der Waals surface area contributed by atoms with Crippen molar-refractivity contribution in [3.63, 3.8) is 0 Å². The fourth-order valence-corrected chi connectivity index (χ4v) is 2.93. The van der Waals surface area contributed by atoms with Crippen molar-refractivity contribution >= 4 is 11.6 Å². The molecule has 1 fully saturated rings. The van der Waals surface area contributed by atoms with Crippen LogP contribution in [-0.2, 0) is 4.79 Å². The van der Waals surface area contributed by atoms with Crippen molar-refractivity contribution in [3.05, 3.63) is 30.3 Å². The Balaban J connectivity index is 2.04. The zero-order valence-corrected chi connectivity index (χ0v) is 12.3. The highest BCUT2D eigenvalue weighted by Gasteiger charge is 2.54. The van der Waals surface area contributed by atoms with Gasteiger partial charge in [-0.2, -0.15) is 0 Å². The number of benzene rings is 1. The monoisotopic (exact) mass is 260 g/mol. The van der Waals surface area contributed by atoms with E-state index >= 15 is 0 Å². The van der Waals surface area contributed by atoms with E-state index in [4.69, 9.17) is 0 Å². The molecule has 1 aliphatic rings. The summed E-state index contributed by atoms with van der Waals surface area (Å²) in [5.74, 6) is 0.658. The summed E-state index contributed by atoms with van der Waals surface area (Å²) >= 11 is 0. The Morgan fingerprint density at radius 1 is 1.21 bits per heavy atom. The molecule has 0 unspecified atom stereocenters. The van der Waals surface area contributed by atoms with E-state index in [0.29, 0.717) is 5.92 Å². The lowest BCUT2D eigenvalue weighted by atomic mass is 9.66. The van der Waals surface area contributed by atoms with Crippen LogP contribution in [0.1, 0.15) is 40.5 Å². The molecule has 0 aromatic heterocycles. The van der Waals surface area contributed by atoms with Gasteiger partial charge in [-0.15, -0.1) is 0 Å². The zero-order valence-electron chi connectivity index (χ0n) is 12.3. The topological polar surface area (TPSA) is 41.1 Å². The molecule has 3 heteroatoms. The Bertz CT molecular complexity index is 455. The summed E-state index contributed by atoms with van der Waals surface area (Å²) in [7, 11) is 0. The minimum atomic E-state index is -0.311. The largest absolute Gasteiger partial charge is 0.299 e. The van der Waals surface area contributed by atoms with Crippen LogP contribution in [-0.4, -0.2) is 5.91 Å². The normalized spacial score (nSPS) is 28.9. The van der Waals surface area contributed by atoms with Gasteiger partial charge in [-0.05, 0) is 36.3 Å². The van der Waals surface area contributed by atoms with E-state index in [1.165, 1.54) is 0 Å². The number of carbonyl (C=O) groups is 1. The van der Waals surface area contributed by atoms with E-state index in [-0.39, 0.29) is 16.7 Å². The lowest BCUT2D eigenvalue weighted by Crippen LogP contribution is -2.48. The molecule has 104 valence electrons. The summed E-state index contributed by atoms with van der Waals surface area (Å²) < 4.78 is 0. The second-order valence-corrected chi connectivity index (χ2v) is 6.44. The Labute approximate surface area is 115 Å². The van der Waals surface area contributed by atoms with Gasteiger partial charge in [0.15, 0.2) is 0 Å². The number of hydrazine groups is 1. The molecule has 0 heterocycles. The van der Waals surface area contributed by atoms with Crippen molar-refractivity contribution in [1.29, 1.82) is 0 Å². The van der Waals surface area contributed by atoms with Crippen molar-refractivity contribution in [2.75, 3.05) is 5.43 Å². The molecule has 0 bridgehead atoms. The number of anilines is 1. The van der Waals surface area contributed by atoms with Crippen LogP contribution in [0, 0.1) is 16.7 Å². The van der Waals surface area contributed by atoms with Crippen LogP contribution in [0.2, 0.25) is 0 Å². The van der Waals surface area contributed by atoms with Gasteiger partial charge in [-0.25, -0.2) is 0 Å². The summed E-state index contributed by atoms with van der Waals surface area (Å²) in [6, 6.07) is 9.71. The predicted octanol–water partition coefficient (Wildman–Crippen LogP) is 3.59. The van der Waals surface area contributed by atoms with E-state index in [1.54, 1.807) is 0 Å². The van der Waals surface area contributed by atoms with Gasteiger partial charge < -0.3 is 0 Å². The zero-order chi connectivity index (χ0) is 14.1. The number of hydrogen-bond donors (Lipinski definition) is 2. The average molecular weight is 260 g/mol. The average Bonchev–Trinajstić information content (AvgIpc) is 2.62. The van der Waals surface area contributed by atoms with Gasteiger partial charge in [0.1, 0.15) is 0 Å². The maximum Gasteiger partial charge on any atom is 0.244 e. The minimum absolute atomic E-state index is 0.0233. The van der Waals surface area contributed by atoms with Gasteiger partial charge in [0, 0.05) is 0 Å². The standard InChI is InChI=1S/C16H24N2O/c1-12-10-11-16(4,15(12,2)3)14(19)18-17-13-8-6-5-7-9-13/h5-9,12,17H,10-11H2,1-4H3,(H,18,19)/t12-,16+/m1/s1. The molecule has 0 spiro atoms. The van der Waals surface area contributed by atoms with Crippen LogP contribution in [0.5, 0.6) is 0 Å². The molecular weight excluding hydrogens is 236 g/mol. The van der Waals surface area contributed by atoms with Gasteiger partial charge in [0.05, 0.1) is 11.1 Å². The molecule has 0 saturated heterocycles. The van der Waals surface area contributed by atoms with E-state index in [9.17, 15) is 4.79 Å². The van der Waals surface area contributed by atoms with Gasteiger partial charge in [-0.3, -0.25) is 15.6 Å². The number of nitrogens with one attached hydrogen (secondary N) is 2. The molecule has 3 nitrogen and oxygen atoms in total. The quantitative estimate of drug-likeness (QED) is 0.815. The minimum Gasteiger partial charge on any atom is -0.299 e. The van der Waals surface area contributed by atoms with Crippen LogP contribution in [0.3, 0.4) is 0 Å². The number of rotatable bonds is 3. The summed E-state index contributed by atoms with van der Waals surface area (Å²) in [6.45, 7) is 8.72. The first kappa shape index (κ1) is 13.9. The first-order valence-corrected chi connectivity index (χ1v) is 6.99. The molecular formula is C16H24N2O. The van der Waals surface area contributed by atoms with Crippen molar-refractivity contribution in [1.82, 2.24) is 5.43 Å². The van der Waals surface area contributed by atoms with Gasteiger partial charge in [-0.1, -0.05) is 45.9 Å². The number of carbonyl (C=O) groups excluding carboxylic acids is 1. The Morgan fingerprint density at radius 2 is 1.84 bits per heavy atom. The number of para-hydroxylation sites is 1. The number of hydrogen-bond acceptors (Lipinski definition) is 2. The molecule has 1 aromatic rings. The second kappa shape index (κ2) is 4.87. The molecule has 1 aromatic carbocycles. The molecule has 1 aliphatic carbocycles. The first-order chi connectivity index (χ1) is 8.88. The maximum absolute atomic E-state index is 12.5. The van der Waals surface area contributed by atoms with Crippen molar-refractivity contribution in [2.45, 2.75) is 40.5 Å². The third-order valence-corrected chi connectivity index (χ3v) is 5.33. The van der Waals surface area contributed by atoms with Crippen molar-refractivity contribution in [2.24, 2.45) is 16.7 Å². The number of amides is 1. The molecule has 1 amide bonds. The third-order valence-electron chi connectivity index (χ3n) is 5.33. The highest BCUT2D eigenvalue weighted by molar-refractivity contribution is 5.84. The Kier molecular flexibility index (Phi) is 3.57. The predicted molar refractivity (Wildman–Crippen MR) is 78.5 cm³/mol. The summed E-state index contributed by atoms with van der Waals surface area (Å²) in [5, 5.41) is 0. The molecule has 0 aliphatic heterocycles. The summed E-state index contributed by atoms with van der Waals surface area (Å²) in [5.41, 5.74) is 6.49. The van der Waals surface area contributed by atoms with Gasteiger partial charge in [0.25, 0.3) is 0 Å². The van der Waals surface area contributed by atoms with Gasteiger partial charge >= 0.3 is 0 Å². The van der Waals surface area contributed by atoms with Crippen LogP contribution in [0.25, 0.3) is 0 Å². The molecule has 2 rings (SSSR count). The van der Waals surface area contributed by atoms with E-state index in [0.717, 1.165) is 18.5 Å². The van der Waals surface area contributed by atoms with Crippen molar-refractivity contribution < 1.29 is 4.79 Å². The fraction of sp³-hybridized carbons (Fsp3) is 0.562. The van der Waals surface area contributed by atoms with Gasteiger partial charge in [0.2, 0.25) is 5.91 Å². The fourth-order valence-electron chi connectivity index (χ4n) is 2.93. The molecule has 2 atom stereocenters. The third kappa shape index (κ3) is 2.34. The van der Waals surface area contributed by atoms with E-state index < -0.39 is 0 Å². The lowest BCUT2D eigenvalue weighted by Gasteiger charge is -2.39. The summed E-state index contributed by atoms with van der Waals surface area (Å²) in [4.78, 5) is 12.5. The van der Waals surface area contributed by atoms with Crippen molar-refractivity contribution in [3.8, 4) is 0 Å². The smallest absolute Gasteiger partial charge is 0.244 e.